The number of nitro groups is 1. The van der Waals surface area contributed by atoms with E-state index in [4.69, 9.17) is 4.74 Å². The van der Waals surface area contributed by atoms with Crippen LogP contribution in [0.3, 0.4) is 0 Å². The van der Waals surface area contributed by atoms with Gasteiger partial charge in [-0.15, -0.1) is 0 Å². The Bertz CT molecular complexity index is 980. The molecule has 142 valence electrons. The summed E-state index contributed by atoms with van der Waals surface area (Å²) in [7, 11) is 0. The van der Waals surface area contributed by atoms with Crippen molar-refractivity contribution in [3.63, 3.8) is 0 Å². The molecule has 2 aromatic carbocycles. The SMILES string of the molecule is CCOc1ccc(N2C(=O)NC(=O)/C(=C\c3ccc([N+](=O)[O-])cc3)C2=O)cc1. The first-order chi connectivity index (χ1) is 13.4. The van der Waals surface area contributed by atoms with E-state index in [9.17, 15) is 24.5 Å². The fourth-order valence-corrected chi connectivity index (χ4v) is 2.61. The normalized spacial score (nSPS) is 15.5. The lowest BCUT2D eigenvalue weighted by Gasteiger charge is -2.26. The van der Waals surface area contributed by atoms with E-state index < -0.39 is 22.8 Å². The fraction of sp³-hybridized carbons (Fsp3) is 0.105. The van der Waals surface area contributed by atoms with Gasteiger partial charge in [0, 0.05) is 12.1 Å². The van der Waals surface area contributed by atoms with Crippen LogP contribution < -0.4 is 15.0 Å². The monoisotopic (exact) mass is 381 g/mol. The summed E-state index contributed by atoms with van der Waals surface area (Å²) < 4.78 is 5.33. The van der Waals surface area contributed by atoms with E-state index >= 15 is 0 Å². The van der Waals surface area contributed by atoms with Gasteiger partial charge in [0.25, 0.3) is 17.5 Å². The Hall–Kier alpha value is -4.01. The molecule has 0 saturated carbocycles. The largest absolute Gasteiger partial charge is 0.494 e. The summed E-state index contributed by atoms with van der Waals surface area (Å²) in [5.41, 5.74) is 0.299. The number of carbonyl (C=O) groups is 3. The molecular formula is C19H15N3O6. The van der Waals surface area contributed by atoms with E-state index in [1.807, 2.05) is 6.92 Å². The summed E-state index contributed by atoms with van der Waals surface area (Å²) in [5, 5.41) is 12.8. The zero-order valence-electron chi connectivity index (χ0n) is 14.7. The quantitative estimate of drug-likeness (QED) is 0.368. The minimum Gasteiger partial charge on any atom is -0.494 e. The maximum atomic E-state index is 12.8. The van der Waals surface area contributed by atoms with Crippen LogP contribution in [0.1, 0.15) is 12.5 Å². The molecule has 28 heavy (non-hydrogen) atoms. The number of hydrogen-bond donors (Lipinski definition) is 1. The van der Waals surface area contributed by atoms with Crippen LogP contribution in [0.5, 0.6) is 5.75 Å². The second kappa shape index (κ2) is 7.70. The number of barbiturate groups is 1. The number of ether oxygens (including phenoxy) is 1. The molecular weight excluding hydrogens is 366 g/mol. The van der Waals surface area contributed by atoms with Crippen LogP contribution >= 0.6 is 0 Å². The number of anilines is 1. The van der Waals surface area contributed by atoms with Gasteiger partial charge in [-0.05, 0) is 55.0 Å². The lowest BCUT2D eigenvalue weighted by molar-refractivity contribution is -0.384. The smallest absolute Gasteiger partial charge is 0.335 e. The predicted molar refractivity (Wildman–Crippen MR) is 99.7 cm³/mol. The van der Waals surface area contributed by atoms with E-state index in [1.165, 1.54) is 42.5 Å². The van der Waals surface area contributed by atoms with Gasteiger partial charge in [0.05, 0.1) is 17.2 Å². The number of nitrogens with one attached hydrogen (secondary N) is 1. The number of nitrogens with zero attached hydrogens (tertiary/aromatic N) is 2. The van der Waals surface area contributed by atoms with Crippen LogP contribution in [-0.2, 0) is 9.59 Å². The Morgan fingerprint density at radius 3 is 2.29 bits per heavy atom. The first-order valence-corrected chi connectivity index (χ1v) is 8.29. The number of non-ortho nitro benzene ring substituents is 1. The Balaban J connectivity index is 1.92. The molecule has 0 radical (unpaired) electrons. The molecule has 0 aromatic heterocycles. The van der Waals surface area contributed by atoms with Gasteiger partial charge in [-0.25, -0.2) is 9.69 Å². The summed E-state index contributed by atoms with van der Waals surface area (Å²) in [6, 6.07) is 10.7. The van der Waals surface area contributed by atoms with Crippen molar-refractivity contribution >= 4 is 35.3 Å². The van der Waals surface area contributed by atoms with Gasteiger partial charge in [-0.1, -0.05) is 0 Å². The van der Waals surface area contributed by atoms with Gasteiger partial charge in [0.1, 0.15) is 11.3 Å². The third kappa shape index (κ3) is 3.73. The zero-order valence-corrected chi connectivity index (χ0v) is 14.7. The molecule has 0 aliphatic carbocycles. The average molecular weight is 381 g/mol. The standard InChI is InChI=1S/C19H15N3O6/c1-2-28-15-9-7-13(8-10-15)21-18(24)16(17(23)20-19(21)25)11-12-3-5-14(6-4-12)22(26)27/h3-11H,2H2,1H3,(H,20,23,25)/b16-11+. The highest BCUT2D eigenvalue weighted by molar-refractivity contribution is 6.39. The van der Waals surface area contributed by atoms with Gasteiger partial charge in [0.15, 0.2) is 0 Å². The van der Waals surface area contributed by atoms with Crippen LogP contribution in [0, 0.1) is 10.1 Å². The number of nitro benzene ring substituents is 1. The average Bonchev–Trinajstić information content (AvgIpc) is 2.67. The number of carbonyl (C=O) groups excluding carboxylic acids is 3. The topological polar surface area (TPSA) is 119 Å². The first-order valence-electron chi connectivity index (χ1n) is 8.29. The molecule has 3 rings (SSSR count). The Morgan fingerprint density at radius 2 is 1.71 bits per heavy atom. The molecule has 1 fully saturated rings. The Kier molecular flexibility index (Phi) is 5.16. The second-order valence-corrected chi connectivity index (χ2v) is 5.73. The molecule has 0 bridgehead atoms. The fourth-order valence-electron chi connectivity index (χ4n) is 2.61. The molecule has 2 aromatic rings. The first kappa shape index (κ1) is 18.8. The minimum atomic E-state index is -0.861. The molecule has 4 amide bonds. The van der Waals surface area contributed by atoms with Crippen LogP contribution in [0.2, 0.25) is 0 Å². The van der Waals surface area contributed by atoms with Crippen molar-refractivity contribution in [3.8, 4) is 5.75 Å². The van der Waals surface area contributed by atoms with Crippen molar-refractivity contribution in [3.05, 3.63) is 69.8 Å². The number of urea groups is 1. The van der Waals surface area contributed by atoms with Crippen molar-refractivity contribution < 1.29 is 24.0 Å². The Morgan fingerprint density at radius 1 is 1.07 bits per heavy atom. The summed E-state index contributed by atoms with van der Waals surface area (Å²) >= 11 is 0. The van der Waals surface area contributed by atoms with E-state index in [1.54, 1.807) is 12.1 Å². The highest BCUT2D eigenvalue weighted by atomic mass is 16.6. The minimum absolute atomic E-state index is 0.118. The van der Waals surface area contributed by atoms with Crippen molar-refractivity contribution in [2.45, 2.75) is 6.92 Å². The third-order valence-corrected chi connectivity index (χ3v) is 3.92. The third-order valence-electron chi connectivity index (χ3n) is 3.92. The number of amides is 4. The lowest BCUT2D eigenvalue weighted by Crippen LogP contribution is -2.54. The van der Waals surface area contributed by atoms with Crippen molar-refractivity contribution in [1.82, 2.24) is 5.32 Å². The molecule has 0 spiro atoms. The highest BCUT2D eigenvalue weighted by Crippen LogP contribution is 2.24. The number of imide groups is 2. The van der Waals surface area contributed by atoms with Gasteiger partial charge in [0.2, 0.25) is 0 Å². The zero-order chi connectivity index (χ0) is 20.3. The summed E-state index contributed by atoms with van der Waals surface area (Å²) in [5.74, 6) is -1.05. The van der Waals surface area contributed by atoms with Crippen LogP contribution in [0.25, 0.3) is 6.08 Å². The van der Waals surface area contributed by atoms with Crippen molar-refractivity contribution in [2.75, 3.05) is 11.5 Å². The summed E-state index contributed by atoms with van der Waals surface area (Å²) in [6.07, 6.45) is 1.27. The van der Waals surface area contributed by atoms with Gasteiger partial charge in [-0.3, -0.25) is 25.0 Å². The van der Waals surface area contributed by atoms with Crippen LogP contribution in [-0.4, -0.2) is 29.4 Å². The van der Waals surface area contributed by atoms with Crippen molar-refractivity contribution in [1.29, 1.82) is 0 Å². The van der Waals surface area contributed by atoms with E-state index in [0.717, 1.165) is 4.90 Å². The number of hydrogen-bond acceptors (Lipinski definition) is 6. The molecule has 1 saturated heterocycles. The molecule has 9 nitrogen and oxygen atoms in total. The van der Waals surface area contributed by atoms with Gasteiger partial charge >= 0.3 is 6.03 Å². The lowest BCUT2D eigenvalue weighted by atomic mass is 10.1. The Labute approximate surface area is 159 Å². The molecule has 0 atom stereocenters. The van der Waals surface area contributed by atoms with Gasteiger partial charge in [-0.2, -0.15) is 0 Å². The van der Waals surface area contributed by atoms with Crippen LogP contribution in [0.4, 0.5) is 16.2 Å². The maximum Gasteiger partial charge on any atom is 0.335 e. The van der Waals surface area contributed by atoms with E-state index in [-0.39, 0.29) is 16.9 Å². The summed E-state index contributed by atoms with van der Waals surface area (Å²) in [6.45, 7) is 2.30. The molecule has 1 N–H and O–H groups in total. The molecule has 1 aliphatic rings. The number of rotatable bonds is 5. The summed E-state index contributed by atoms with van der Waals surface area (Å²) in [4.78, 5) is 48.1. The van der Waals surface area contributed by atoms with E-state index in [0.29, 0.717) is 17.9 Å². The predicted octanol–water partition coefficient (Wildman–Crippen LogP) is 2.66. The van der Waals surface area contributed by atoms with E-state index in [2.05, 4.69) is 5.32 Å². The van der Waals surface area contributed by atoms with Crippen LogP contribution in [0.15, 0.2) is 54.1 Å². The molecule has 1 aliphatic heterocycles. The number of benzene rings is 2. The molecule has 0 unspecified atom stereocenters. The second-order valence-electron chi connectivity index (χ2n) is 5.73. The molecule has 9 heteroatoms. The van der Waals surface area contributed by atoms with Gasteiger partial charge < -0.3 is 4.74 Å². The molecule has 1 heterocycles. The maximum absolute atomic E-state index is 12.8. The van der Waals surface area contributed by atoms with Crippen molar-refractivity contribution in [2.24, 2.45) is 0 Å². The highest BCUT2D eigenvalue weighted by Gasteiger charge is 2.36.